The molecule has 0 aromatic heterocycles. The maximum Gasteiger partial charge on any atom is 0.118 e. The van der Waals surface area contributed by atoms with Crippen LogP contribution in [0.3, 0.4) is 0 Å². The molecule has 0 heterocycles. The summed E-state index contributed by atoms with van der Waals surface area (Å²) in [6, 6.07) is 4.41. The molecular formula is C6H4Cl2NaO. The van der Waals surface area contributed by atoms with Crippen LogP contribution in [-0.2, 0) is 0 Å². The Labute approximate surface area is 91.2 Å². The van der Waals surface area contributed by atoms with Gasteiger partial charge in [0.05, 0.1) is 0 Å². The van der Waals surface area contributed by atoms with Crippen LogP contribution in [0, 0.1) is 0 Å². The zero-order valence-corrected chi connectivity index (χ0v) is 8.95. The maximum absolute atomic E-state index is 8.82. The summed E-state index contributed by atoms with van der Waals surface area (Å²) in [5, 5.41) is 9.71. The first kappa shape index (κ1) is 10.6. The van der Waals surface area contributed by atoms with Crippen LogP contribution in [-0.4, -0.2) is 34.7 Å². The zero-order valence-electron chi connectivity index (χ0n) is 5.44. The molecule has 49 valence electrons. The van der Waals surface area contributed by atoms with Crippen molar-refractivity contribution in [2.24, 2.45) is 0 Å². The molecule has 1 rings (SSSR count). The topological polar surface area (TPSA) is 20.2 Å². The molecule has 0 fully saturated rings. The quantitative estimate of drug-likeness (QED) is 0.616. The number of halogens is 2. The maximum atomic E-state index is 8.82. The van der Waals surface area contributed by atoms with Crippen LogP contribution >= 0.6 is 23.2 Å². The third kappa shape index (κ3) is 3.13. The van der Waals surface area contributed by atoms with Gasteiger partial charge in [0, 0.05) is 39.6 Å². The number of rotatable bonds is 0. The second kappa shape index (κ2) is 4.47. The van der Waals surface area contributed by atoms with E-state index in [1.54, 1.807) is 6.07 Å². The van der Waals surface area contributed by atoms with Gasteiger partial charge in [0.1, 0.15) is 5.75 Å². The van der Waals surface area contributed by atoms with E-state index in [9.17, 15) is 0 Å². The minimum absolute atomic E-state index is 0. The fraction of sp³-hybridized carbons (Fsp3) is 0. The van der Waals surface area contributed by atoms with E-state index in [-0.39, 0.29) is 35.3 Å². The summed E-state index contributed by atoms with van der Waals surface area (Å²) >= 11 is 11.0. The van der Waals surface area contributed by atoms with Crippen LogP contribution in [0.5, 0.6) is 5.75 Å². The van der Waals surface area contributed by atoms with Gasteiger partial charge in [-0.25, -0.2) is 0 Å². The molecule has 0 bridgehead atoms. The smallest absolute Gasteiger partial charge is 0.118 e. The molecule has 0 aliphatic heterocycles. The van der Waals surface area contributed by atoms with Crippen molar-refractivity contribution in [2.45, 2.75) is 0 Å². The Kier molecular flexibility index (Phi) is 4.74. The van der Waals surface area contributed by atoms with Crippen LogP contribution in [0.1, 0.15) is 0 Å². The molecule has 1 nitrogen and oxygen atoms in total. The molecule has 0 spiro atoms. The summed E-state index contributed by atoms with van der Waals surface area (Å²) in [7, 11) is 0. The first-order valence-electron chi connectivity index (χ1n) is 2.33. The predicted octanol–water partition coefficient (Wildman–Crippen LogP) is 2.32. The molecule has 10 heavy (non-hydrogen) atoms. The van der Waals surface area contributed by atoms with E-state index < -0.39 is 0 Å². The van der Waals surface area contributed by atoms with Crippen LogP contribution in [0.2, 0.25) is 10.0 Å². The zero-order chi connectivity index (χ0) is 6.85. The van der Waals surface area contributed by atoms with Crippen molar-refractivity contribution < 1.29 is 5.11 Å². The van der Waals surface area contributed by atoms with Gasteiger partial charge in [0.2, 0.25) is 0 Å². The van der Waals surface area contributed by atoms with Gasteiger partial charge >= 0.3 is 0 Å². The fourth-order valence-corrected chi connectivity index (χ4v) is 1.05. The third-order valence-electron chi connectivity index (χ3n) is 0.847. The van der Waals surface area contributed by atoms with Crippen molar-refractivity contribution in [3.63, 3.8) is 0 Å². The fourth-order valence-electron chi connectivity index (χ4n) is 0.539. The molecule has 4 heteroatoms. The normalized spacial score (nSPS) is 8.60. The first-order chi connectivity index (χ1) is 4.18. The Hall–Kier alpha value is 0.600. The molecule has 0 saturated carbocycles. The largest absolute Gasteiger partial charge is 0.508 e. The predicted molar refractivity (Wildman–Crippen MR) is 43.9 cm³/mol. The summed E-state index contributed by atoms with van der Waals surface area (Å²) in [5.74, 6) is 0.0903. The summed E-state index contributed by atoms with van der Waals surface area (Å²) < 4.78 is 0. The number of benzene rings is 1. The number of phenols is 1. The average molecular weight is 186 g/mol. The molecule has 0 saturated heterocycles. The van der Waals surface area contributed by atoms with E-state index in [4.69, 9.17) is 28.3 Å². The van der Waals surface area contributed by atoms with Crippen molar-refractivity contribution in [1.82, 2.24) is 0 Å². The number of hydrogen-bond acceptors (Lipinski definition) is 1. The van der Waals surface area contributed by atoms with Crippen molar-refractivity contribution in [3.05, 3.63) is 28.2 Å². The number of aromatic hydroxyl groups is 1. The Balaban J connectivity index is 0.000000810. The van der Waals surface area contributed by atoms with E-state index in [2.05, 4.69) is 0 Å². The molecule has 1 radical (unpaired) electrons. The summed E-state index contributed by atoms with van der Waals surface area (Å²) in [6.45, 7) is 0. The molecule has 0 atom stereocenters. The van der Waals surface area contributed by atoms with Gasteiger partial charge in [-0.15, -0.1) is 0 Å². The van der Waals surface area contributed by atoms with Crippen molar-refractivity contribution in [1.29, 1.82) is 0 Å². The molecule has 0 aliphatic carbocycles. The van der Waals surface area contributed by atoms with E-state index in [0.717, 1.165) is 0 Å². The van der Waals surface area contributed by atoms with Gasteiger partial charge in [0.25, 0.3) is 0 Å². The molecule has 0 amide bonds. The van der Waals surface area contributed by atoms with Crippen molar-refractivity contribution >= 4 is 52.8 Å². The molecular weight excluding hydrogens is 182 g/mol. The second-order valence-electron chi connectivity index (χ2n) is 1.63. The average Bonchev–Trinajstić information content (AvgIpc) is 1.59. The van der Waals surface area contributed by atoms with Gasteiger partial charge in [-0.1, -0.05) is 23.2 Å². The van der Waals surface area contributed by atoms with Crippen molar-refractivity contribution in [2.75, 3.05) is 0 Å². The van der Waals surface area contributed by atoms with Crippen LogP contribution in [0.25, 0.3) is 0 Å². The second-order valence-corrected chi connectivity index (χ2v) is 2.50. The Morgan fingerprint density at radius 1 is 1.00 bits per heavy atom. The Morgan fingerprint density at radius 2 is 1.40 bits per heavy atom. The van der Waals surface area contributed by atoms with E-state index in [0.29, 0.717) is 10.0 Å². The van der Waals surface area contributed by atoms with Gasteiger partial charge in [-0.2, -0.15) is 0 Å². The SMILES string of the molecule is Oc1cc(Cl)cc(Cl)c1.[Na]. The van der Waals surface area contributed by atoms with Crippen molar-refractivity contribution in [3.8, 4) is 5.75 Å². The van der Waals surface area contributed by atoms with Gasteiger partial charge in [0.15, 0.2) is 0 Å². The minimum atomic E-state index is 0. The molecule has 0 aliphatic rings. The first-order valence-corrected chi connectivity index (χ1v) is 3.09. The van der Waals surface area contributed by atoms with Gasteiger partial charge in [-0.05, 0) is 18.2 Å². The molecule has 1 N–H and O–H groups in total. The summed E-state index contributed by atoms with van der Waals surface area (Å²) in [4.78, 5) is 0. The number of hydrogen-bond donors (Lipinski definition) is 1. The Bertz CT molecular complexity index is 177. The Morgan fingerprint density at radius 3 is 1.70 bits per heavy atom. The minimum Gasteiger partial charge on any atom is -0.508 e. The van der Waals surface area contributed by atoms with E-state index >= 15 is 0 Å². The summed E-state index contributed by atoms with van der Waals surface area (Å²) in [5.41, 5.74) is 0. The van der Waals surface area contributed by atoms with Crippen LogP contribution in [0.15, 0.2) is 18.2 Å². The molecule has 0 unspecified atom stereocenters. The third-order valence-corrected chi connectivity index (χ3v) is 1.28. The van der Waals surface area contributed by atoms with E-state index in [1.807, 2.05) is 0 Å². The van der Waals surface area contributed by atoms with Crippen LogP contribution in [0.4, 0.5) is 0 Å². The van der Waals surface area contributed by atoms with Gasteiger partial charge in [-0.3, -0.25) is 0 Å². The van der Waals surface area contributed by atoms with Gasteiger partial charge < -0.3 is 5.11 Å². The molecule has 1 aromatic carbocycles. The monoisotopic (exact) mass is 185 g/mol. The molecule has 1 aromatic rings. The number of phenolic OH excluding ortho intramolecular Hbond substituents is 1. The summed E-state index contributed by atoms with van der Waals surface area (Å²) in [6.07, 6.45) is 0. The van der Waals surface area contributed by atoms with Crippen LogP contribution < -0.4 is 0 Å². The van der Waals surface area contributed by atoms with E-state index in [1.165, 1.54) is 12.1 Å². The standard InChI is InChI=1S/C6H4Cl2O.Na/c7-4-1-5(8)3-6(9)2-4;/h1-3,9H;.